The lowest BCUT2D eigenvalue weighted by Gasteiger charge is -2.20. The molecule has 16 heavy (non-hydrogen) atoms. The summed E-state index contributed by atoms with van der Waals surface area (Å²) < 4.78 is 5.22. The molecule has 0 aromatic carbocycles. The fraction of sp³-hybridized carbons (Fsp3) is 0.667. The number of hydrogen-bond donors (Lipinski definition) is 1. The molecule has 0 aromatic heterocycles. The van der Waals surface area contributed by atoms with Crippen molar-refractivity contribution in [2.24, 2.45) is 5.73 Å². The van der Waals surface area contributed by atoms with E-state index in [1.165, 1.54) is 7.05 Å². The van der Waals surface area contributed by atoms with Gasteiger partial charge in [0, 0.05) is 20.2 Å². The van der Waals surface area contributed by atoms with Crippen LogP contribution in [0.1, 0.15) is 6.92 Å². The molecule has 1 unspecified atom stereocenters. The summed E-state index contributed by atoms with van der Waals surface area (Å²) in [6.45, 7) is 2.41. The Hall–Kier alpha value is -1.47. The Balaban J connectivity index is 2.70. The Morgan fingerprint density at radius 2 is 1.94 bits per heavy atom. The molecule has 1 rings (SSSR count). The number of hydrogen-bond acceptors (Lipinski definition) is 5. The second-order valence-electron chi connectivity index (χ2n) is 3.38. The van der Waals surface area contributed by atoms with Crippen molar-refractivity contribution in [3.63, 3.8) is 0 Å². The fourth-order valence-electron chi connectivity index (χ4n) is 1.41. The normalized spacial score (nSPS) is 18.6. The molecule has 0 spiro atoms. The van der Waals surface area contributed by atoms with Gasteiger partial charge in [-0.1, -0.05) is 0 Å². The van der Waals surface area contributed by atoms with E-state index in [9.17, 15) is 14.4 Å². The summed E-state index contributed by atoms with van der Waals surface area (Å²) in [6.07, 6.45) is -0.433. The molecule has 0 aromatic rings. The molecule has 4 amide bonds. The molecule has 2 N–H and O–H groups in total. The van der Waals surface area contributed by atoms with Crippen molar-refractivity contribution in [2.75, 3.05) is 26.7 Å². The van der Waals surface area contributed by atoms with Gasteiger partial charge in [0.05, 0.1) is 12.6 Å². The fourth-order valence-corrected chi connectivity index (χ4v) is 1.41. The molecule has 7 heteroatoms. The first kappa shape index (κ1) is 12.6. The van der Waals surface area contributed by atoms with Gasteiger partial charge in [-0.15, -0.1) is 0 Å². The minimum atomic E-state index is -0.828. The summed E-state index contributed by atoms with van der Waals surface area (Å²) >= 11 is 0. The summed E-state index contributed by atoms with van der Waals surface area (Å²) in [5.41, 5.74) is 5.42. The Bertz CT molecular complexity index is 318. The smallest absolute Gasteiger partial charge is 0.334 e. The number of imide groups is 2. The van der Waals surface area contributed by atoms with Crippen LogP contribution >= 0.6 is 0 Å². The first-order valence-corrected chi connectivity index (χ1v) is 4.98. The van der Waals surface area contributed by atoms with E-state index in [1.807, 2.05) is 0 Å². The highest BCUT2D eigenvalue weighted by Gasteiger charge is 2.42. The molecule has 1 aliphatic heterocycles. The van der Waals surface area contributed by atoms with Gasteiger partial charge in [0.1, 0.15) is 0 Å². The van der Waals surface area contributed by atoms with Crippen LogP contribution in [0.2, 0.25) is 0 Å². The van der Waals surface area contributed by atoms with E-state index in [0.29, 0.717) is 6.61 Å². The lowest BCUT2D eigenvalue weighted by Crippen LogP contribution is -2.42. The van der Waals surface area contributed by atoms with Crippen LogP contribution in [-0.2, 0) is 14.3 Å². The predicted octanol–water partition coefficient (Wildman–Crippen LogP) is -1.23. The summed E-state index contributed by atoms with van der Waals surface area (Å²) in [7, 11) is 1.26. The average Bonchev–Trinajstić information content (AvgIpc) is 2.46. The van der Waals surface area contributed by atoms with Gasteiger partial charge in [0.25, 0.3) is 0 Å². The van der Waals surface area contributed by atoms with Gasteiger partial charge >= 0.3 is 17.8 Å². The minimum Gasteiger partial charge on any atom is -0.375 e. The van der Waals surface area contributed by atoms with Crippen molar-refractivity contribution in [2.45, 2.75) is 13.0 Å². The highest BCUT2D eigenvalue weighted by Crippen LogP contribution is 2.10. The zero-order valence-corrected chi connectivity index (χ0v) is 9.30. The number of nitrogens with zero attached hydrogens (tertiary/aromatic N) is 2. The number of nitrogens with two attached hydrogens (primary N) is 1. The van der Waals surface area contributed by atoms with E-state index >= 15 is 0 Å². The van der Waals surface area contributed by atoms with E-state index < -0.39 is 23.9 Å². The molecule has 0 saturated carbocycles. The van der Waals surface area contributed by atoms with E-state index in [0.717, 1.165) is 9.80 Å². The van der Waals surface area contributed by atoms with E-state index in [1.54, 1.807) is 6.92 Å². The van der Waals surface area contributed by atoms with E-state index in [4.69, 9.17) is 10.5 Å². The van der Waals surface area contributed by atoms with Crippen molar-refractivity contribution in [1.82, 2.24) is 9.80 Å². The minimum absolute atomic E-state index is 0.0120. The average molecular weight is 229 g/mol. The van der Waals surface area contributed by atoms with Crippen molar-refractivity contribution < 1.29 is 19.1 Å². The second-order valence-corrected chi connectivity index (χ2v) is 3.38. The number of rotatable bonds is 5. The third-order valence-electron chi connectivity index (χ3n) is 2.30. The number of urea groups is 1. The number of carbonyl (C=O) groups excluding carboxylic acids is 3. The van der Waals surface area contributed by atoms with Crippen LogP contribution in [0.4, 0.5) is 4.79 Å². The standard InChI is InChI=1S/C9H15N3O4/c1-3-16-6(4-10)5-12-8(14)7(13)11(2)9(12)15/h6H,3-5,10H2,1-2H3. The molecule has 1 aliphatic rings. The van der Waals surface area contributed by atoms with Gasteiger partial charge < -0.3 is 10.5 Å². The summed E-state index contributed by atoms with van der Waals surface area (Å²) in [5.74, 6) is -1.65. The predicted molar refractivity (Wildman–Crippen MR) is 54.3 cm³/mol. The van der Waals surface area contributed by atoms with Crippen molar-refractivity contribution in [3.8, 4) is 0 Å². The maximum absolute atomic E-state index is 11.5. The van der Waals surface area contributed by atoms with Gasteiger partial charge in [-0.05, 0) is 6.92 Å². The monoisotopic (exact) mass is 229 g/mol. The van der Waals surface area contributed by atoms with E-state index in [2.05, 4.69) is 0 Å². The number of amides is 4. The lowest BCUT2D eigenvalue weighted by molar-refractivity contribution is -0.143. The topological polar surface area (TPSA) is 92.9 Å². The molecule has 0 radical (unpaired) electrons. The van der Waals surface area contributed by atoms with Gasteiger partial charge in [-0.25, -0.2) is 4.79 Å². The van der Waals surface area contributed by atoms with Gasteiger partial charge in [0.2, 0.25) is 0 Å². The zero-order valence-electron chi connectivity index (χ0n) is 9.30. The Kier molecular flexibility index (Phi) is 3.97. The third kappa shape index (κ3) is 2.20. The van der Waals surface area contributed by atoms with Crippen LogP contribution in [-0.4, -0.2) is 60.5 Å². The largest absolute Gasteiger partial charge is 0.375 e. The van der Waals surface area contributed by atoms with Crippen LogP contribution in [0.5, 0.6) is 0 Å². The lowest BCUT2D eigenvalue weighted by atomic mass is 10.3. The maximum Gasteiger partial charge on any atom is 0.334 e. The van der Waals surface area contributed by atoms with E-state index in [-0.39, 0.29) is 13.1 Å². The quantitative estimate of drug-likeness (QED) is 0.470. The van der Waals surface area contributed by atoms with Crippen molar-refractivity contribution in [1.29, 1.82) is 0 Å². The Morgan fingerprint density at radius 3 is 2.31 bits per heavy atom. The van der Waals surface area contributed by atoms with Crippen LogP contribution in [0.15, 0.2) is 0 Å². The van der Waals surface area contributed by atoms with Crippen molar-refractivity contribution >= 4 is 17.8 Å². The Morgan fingerprint density at radius 1 is 1.31 bits per heavy atom. The number of ether oxygens (including phenoxy) is 1. The first-order valence-electron chi connectivity index (χ1n) is 4.98. The molecular weight excluding hydrogens is 214 g/mol. The SMILES string of the molecule is CCOC(CN)CN1C(=O)C(=O)N(C)C1=O. The van der Waals surface area contributed by atoms with Crippen molar-refractivity contribution in [3.05, 3.63) is 0 Å². The molecule has 1 saturated heterocycles. The summed E-state index contributed by atoms with van der Waals surface area (Å²) in [5, 5.41) is 0. The van der Waals surface area contributed by atoms with Crippen LogP contribution in [0, 0.1) is 0 Å². The van der Waals surface area contributed by atoms with Gasteiger partial charge in [-0.2, -0.15) is 0 Å². The molecule has 1 atom stereocenters. The molecule has 90 valence electrons. The van der Waals surface area contributed by atoms with Crippen LogP contribution in [0.3, 0.4) is 0 Å². The zero-order chi connectivity index (χ0) is 12.3. The van der Waals surface area contributed by atoms with Crippen LogP contribution < -0.4 is 5.73 Å². The summed E-state index contributed by atoms with van der Waals surface area (Å²) in [6, 6.07) is -0.631. The molecule has 1 fully saturated rings. The third-order valence-corrected chi connectivity index (χ3v) is 2.30. The molecular formula is C9H15N3O4. The molecule has 0 bridgehead atoms. The van der Waals surface area contributed by atoms with Crippen LogP contribution in [0.25, 0.3) is 0 Å². The maximum atomic E-state index is 11.5. The van der Waals surface area contributed by atoms with Gasteiger partial charge in [0.15, 0.2) is 0 Å². The Labute approximate surface area is 93.1 Å². The second kappa shape index (κ2) is 5.04. The molecule has 1 heterocycles. The first-order chi connectivity index (χ1) is 7.52. The highest BCUT2D eigenvalue weighted by atomic mass is 16.5. The van der Waals surface area contributed by atoms with Gasteiger partial charge in [-0.3, -0.25) is 19.4 Å². The molecule has 0 aliphatic carbocycles. The number of carbonyl (C=O) groups is 3. The molecule has 7 nitrogen and oxygen atoms in total. The highest BCUT2D eigenvalue weighted by molar-refractivity contribution is 6.44. The number of likely N-dealkylation sites (N-methyl/N-ethyl adjacent to an activating group) is 1. The summed E-state index contributed by atoms with van der Waals surface area (Å²) in [4.78, 5) is 35.7.